The van der Waals surface area contributed by atoms with Crippen molar-refractivity contribution in [3.8, 4) is 0 Å². The number of β-amino-alcohol motifs (C(OH)–C–C–N with tert-alkyl or cyclic N) is 1. The van der Waals surface area contributed by atoms with Gasteiger partial charge in [-0.15, -0.1) is 0 Å². The van der Waals surface area contributed by atoms with Gasteiger partial charge in [0.15, 0.2) is 0 Å². The van der Waals surface area contributed by atoms with Gasteiger partial charge < -0.3 is 14.4 Å². The molecule has 2 atom stereocenters. The molecule has 0 amide bonds. The predicted octanol–water partition coefficient (Wildman–Crippen LogP) is 3.59. The highest BCUT2D eigenvalue weighted by molar-refractivity contribution is 5.77. The van der Waals surface area contributed by atoms with E-state index in [2.05, 4.69) is 11.8 Å². The molecule has 0 spiro atoms. The first-order valence-corrected chi connectivity index (χ1v) is 7.65. The van der Waals surface area contributed by atoms with E-state index >= 15 is 0 Å². The minimum atomic E-state index is -0.525. The zero-order valence-electron chi connectivity index (χ0n) is 12.1. The van der Waals surface area contributed by atoms with Crippen molar-refractivity contribution in [3.63, 3.8) is 0 Å². The van der Waals surface area contributed by atoms with Gasteiger partial charge >= 0.3 is 0 Å². The predicted molar refractivity (Wildman–Crippen MR) is 80.6 cm³/mol. The summed E-state index contributed by atoms with van der Waals surface area (Å²) in [5.74, 6) is 1.49. The summed E-state index contributed by atoms with van der Waals surface area (Å²) < 4.78 is 5.74. The van der Waals surface area contributed by atoms with E-state index in [0.29, 0.717) is 12.3 Å². The second-order valence-corrected chi connectivity index (χ2v) is 5.91. The van der Waals surface area contributed by atoms with E-state index in [4.69, 9.17) is 4.42 Å². The maximum atomic E-state index is 10.4. The van der Waals surface area contributed by atoms with Crippen molar-refractivity contribution in [3.05, 3.63) is 36.1 Å². The van der Waals surface area contributed by atoms with E-state index in [9.17, 15) is 5.11 Å². The Bertz CT molecular complexity index is 530. The first kappa shape index (κ1) is 13.7. The van der Waals surface area contributed by atoms with Gasteiger partial charge in [-0.3, -0.25) is 0 Å². The molecule has 0 bridgehead atoms. The van der Waals surface area contributed by atoms with Crippen molar-refractivity contribution in [2.75, 3.05) is 19.6 Å². The number of hydrogen-bond donors (Lipinski definition) is 1. The third-order valence-electron chi connectivity index (χ3n) is 4.27. The molecule has 20 heavy (non-hydrogen) atoms. The molecule has 2 aromatic rings. The summed E-state index contributed by atoms with van der Waals surface area (Å²) in [5, 5.41) is 11.4. The van der Waals surface area contributed by atoms with Gasteiger partial charge in [0.2, 0.25) is 0 Å². The lowest BCUT2D eigenvalue weighted by molar-refractivity contribution is 0.105. The number of furan rings is 1. The van der Waals surface area contributed by atoms with Crippen LogP contribution in [0.3, 0.4) is 0 Å². The number of rotatable bonds is 5. The van der Waals surface area contributed by atoms with Crippen LogP contribution in [0, 0.1) is 5.92 Å². The van der Waals surface area contributed by atoms with Crippen molar-refractivity contribution >= 4 is 11.0 Å². The van der Waals surface area contributed by atoms with Crippen LogP contribution in [-0.4, -0.2) is 29.6 Å². The maximum absolute atomic E-state index is 10.4. The molecule has 0 radical (unpaired) electrons. The maximum Gasteiger partial charge on any atom is 0.135 e. The summed E-state index contributed by atoms with van der Waals surface area (Å²) in [6.45, 7) is 5.14. The molecular formula is C17H23NO2. The molecule has 2 heterocycles. The van der Waals surface area contributed by atoms with Crippen molar-refractivity contribution in [2.24, 2.45) is 5.92 Å². The second kappa shape index (κ2) is 5.98. The minimum Gasteiger partial charge on any atom is -0.458 e. The molecule has 1 aliphatic heterocycles. The molecule has 2 unspecified atom stereocenters. The Kier molecular flexibility index (Phi) is 4.08. The van der Waals surface area contributed by atoms with Crippen molar-refractivity contribution in [1.29, 1.82) is 0 Å². The van der Waals surface area contributed by atoms with Crippen molar-refractivity contribution in [2.45, 2.75) is 32.3 Å². The highest BCUT2D eigenvalue weighted by Gasteiger charge is 2.25. The van der Waals surface area contributed by atoms with Gasteiger partial charge in [0.25, 0.3) is 0 Å². The van der Waals surface area contributed by atoms with Crippen molar-refractivity contribution < 1.29 is 9.52 Å². The average molecular weight is 273 g/mol. The summed E-state index contributed by atoms with van der Waals surface area (Å²) in [7, 11) is 0. The first-order valence-electron chi connectivity index (χ1n) is 7.65. The second-order valence-electron chi connectivity index (χ2n) is 5.91. The summed E-state index contributed by atoms with van der Waals surface area (Å²) in [5.41, 5.74) is 0.854. The summed E-state index contributed by atoms with van der Waals surface area (Å²) in [4.78, 5) is 2.36. The lowest BCUT2D eigenvalue weighted by Crippen LogP contribution is -2.26. The van der Waals surface area contributed by atoms with E-state index in [-0.39, 0.29) is 0 Å². The van der Waals surface area contributed by atoms with E-state index in [1.165, 1.54) is 19.3 Å². The Morgan fingerprint density at radius 2 is 2.25 bits per heavy atom. The number of nitrogens with zero attached hydrogens (tertiary/aromatic N) is 1. The summed E-state index contributed by atoms with van der Waals surface area (Å²) in [6.07, 6.45) is 3.30. The smallest absolute Gasteiger partial charge is 0.135 e. The number of para-hydroxylation sites is 1. The van der Waals surface area contributed by atoms with Crippen LogP contribution in [0.25, 0.3) is 11.0 Å². The monoisotopic (exact) mass is 273 g/mol. The number of benzene rings is 1. The molecular weight excluding hydrogens is 250 g/mol. The molecule has 3 rings (SSSR count). The molecule has 3 heteroatoms. The normalized spacial score (nSPS) is 21.6. The summed E-state index contributed by atoms with van der Waals surface area (Å²) in [6, 6.07) is 9.86. The van der Waals surface area contributed by atoms with Gasteiger partial charge in [-0.2, -0.15) is 0 Å². The zero-order chi connectivity index (χ0) is 13.9. The first-order chi connectivity index (χ1) is 9.76. The zero-order valence-corrected chi connectivity index (χ0v) is 12.1. The minimum absolute atomic E-state index is 0.525. The Balaban J connectivity index is 1.63. The largest absolute Gasteiger partial charge is 0.458 e. The highest BCUT2D eigenvalue weighted by Crippen LogP contribution is 2.27. The quantitative estimate of drug-likeness (QED) is 0.904. The van der Waals surface area contributed by atoms with Gasteiger partial charge in [-0.25, -0.2) is 0 Å². The third-order valence-corrected chi connectivity index (χ3v) is 4.27. The molecule has 1 N–H and O–H groups in total. The molecule has 1 aromatic heterocycles. The molecule has 1 saturated heterocycles. The molecule has 0 saturated carbocycles. The molecule has 1 aliphatic rings. The average Bonchev–Trinajstić information content (AvgIpc) is 3.05. The fourth-order valence-corrected chi connectivity index (χ4v) is 3.22. The number of aliphatic hydroxyl groups is 1. The fraction of sp³-hybridized carbons (Fsp3) is 0.529. The van der Waals surface area contributed by atoms with Crippen molar-refractivity contribution in [1.82, 2.24) is 4.90 Å². The Labute approximate surface area is 120 Å². The van der Waals surface area contributed by atoms with Crippen LogP contribution in [0.2, 0.25) is 0 Å². The van der Waals surface area contributed by atoms with E-state index < -0.39 is 6.10 Å². The fourth-order valence-electron chi connectivity index (χ4n) is 3.22. The molecule has 1 aromatic carbocycles. The van der Waals surface area contributed by atoms with Crippen LogP contribution < -0.4 is 0 Å². The number of likely N-dealkylation sites (tertiary alicyclic amines) is 1. The van der Waals surface area contributed by atoms with Gasteiger partial charge in [0, 0.05) is 18.5 Å². The van der Waals surface area contributed by atoms with E-state index in [1.54, 1.807) is 0 Å². The van der Waals surface area contributed by atoms with E-state index in [0.717, 1.165) is 30.0 Å². The number of hydrogen-bond acceptors (Lipinski definition) is 3. The Morgan fingerprint density at radius 3 is 3.05 bits per heavy atom. The third kappa shape index (κ3) is 2.89. The number of aliphatic hydroxyl groups excluding tert-OH is 1. The number of fused-ring (bicyclic) bond motifs is 1. The summed E-state index contributed by atoms with van der Waals surface area (Å²) >= 11 is 0. The SMILES string of the molecule is CCCC1CCN(CC(O)c2cc3ccccc3o2)C1. The Morgan fingerprint density at radius 1 is 1.40 bits per heavy atom. The van der Waals surface area contributed by atoms with Gasteiger partial charge in [-0.1, -0.05) is 31.5 Å². The van der Waals surface area contributed by atoms with Gasteiger partial charge in [0.1, 0.15) is 17.4 Å². The molecule has 1 fully saturated rings. The van der Waals surface area contributed by atoms with Crippen LogP contribution in [0.15, 0.2) is 34.7 Å². The molecule has 0 aliphatic carbocycles. The lowest BCUT2D eigenvalue weighted by Gasteiger charge is -2.18. The molecule has 3 nitrogen and oxygen atoms in total. The highest BCUT2D eigenvalue weighted by atomic mass is 16.4. The van der Waals surface area contributed by atoms with Crippen LogP contribution >= 0.6 is 0 Å². The topological polar surface area (TPSA) is 36.6 Å². The van der Waals surface area contributed by atoms with E-state index in [1.807, 2.05) is 30.3 Å². The lowest BCUT2D eigenvalue weighted by atomic mass is 10.0. The van der Waals surface area contributed by atoms with Gasteiger partial charge in [-0.05, 0) is 37.4 Å². The van der Waals surface area contributed by atoms with Crippen LogP contribution in [0.4, 0.5) is 0 Å². The Hall–Kier alpha value is -1.32. The standard InChI is InChI=1S/C17H23NO2/c1-2-5-13-8-9-18(11-13)12-15(19)17-10-14-6-3-4-7-16(14)20-17/h3-4,6-7,10,13,15,19H,2,5,8-9,11-12H2,1H3. The van der Waals surface area contributed by atoms with Crippen LogP contribution in [-0.2, 0) is 0 Å². The van der Waals surface area contributed by atoms with Crippen LogP contribution in [0.1, 0.15) is 38.1 Å². The van der Waals surface area contributed by atoms with Crippen LogP contribution in [0.5, 0.6) is 0 Å². The van der Waals surface area contributed by atoms with Gasteiger partial charge in [0.05, 0.1) is 0 Å². The molecule has 108 valence electrons.